The first-order valence-corrected chi connectivity index (χ1v) is 11.0. The van der Waals surface area contributed by atoms with Crippen molar-refractivity contribution < 1.29 is 5.11 Å². The SMILES string of the molecule is C[C@@H]1CCc2ncnc(N3CC4(CCNCC4)c4c(CNCCO)cccc43)c21. The molecule has 1 aromatic carbocycles. The maximum Gasteiger partial charge on any atom is 0.140 e. The number of aliphatic hydroxyl groups excluding tert-OH is 1. The lowest BCUT2D eigenvalue weighted by molar-refractivity contribution is 0.291. The first kappa shape index (κ1) is 19.0. The lowest BCUT2D eigenvalue weighted by atomic mass is 9.73. The highest BCUT2D eigenvalue weighted by Gasteiger charge is 2.46. The standard InChI is InChI=1S/C23H31N5O/c1-16-5-6-18-20(16)22(27-15-26-18)28-14-23(7-9-24-10-8-23)21-17(13-25-11-12-29)3-2-4-19(21)28/h2-4,15-16,24-25,29H,5-14H2,1H3/t16-/m1/s1. The van der Waals surface area contributed by atoms with Crippen molar-refractivity contribution >= 4 is 11.5 Å². The Morgan fingerprint density at radius 2 is 2.14 bits per heavy atom. The molecule has 0 radical (unpaired) electrons. The van der Waals surface area contributed by atoms with Gasteiger partial charge in [0.25, 0.3) is 0 Å². The van der Waals surface area contributed by atoms with Crippen LogP contribution < -0.4 is 15.5 Å². The van der Waals surface area contributed by atoms with Gasteiger partial charge in [-0.05, 0) is 61.9 Å². The maximum atomic E-state index is 9.19. The number of nitrogens with one attached hydrogen (secondary N) is 2. The molecule has 0 saturated carbocycles. The Morgan fingerprint density at radius 3 is 2.97 bits per heavy atom. The number of aryl methyl sites for hydroxylation is 1. The Bertz CT molecular complexity index is 893. The van der Waals surface area contributed by atoms with E-state index in [-0.39, 0.29) is 12.0 Å². The third-order valence-electron chi connectivity index (χ3n) is 7.08. The third-order valence-corrected chi connectivity index (χ3v) is 7.08. The molecular weight excluding hydrogens is 362 g/mol. The number of anilines is 2. The average molecular weight is 394 g/mol. The van der Waals surface area contributed by atoms with Crippen LogP contribution in [0.5, 0.6) is 0 Å². The van der Waals surface area contributed by atoms with Crippen molar-refractivity contribution in [1.29, 1.82) is 0 Å². The molecule has 2 aliphatic heterocycles. The number of aromatic nitrogens is 2. The molecule has 2 aromatic rings. The molecule has 1 aliphatic carbocycles. The summed E-state index contributed by atoms with van der Waals surface area (Å²) in [6.45, 7) is 7.02. The van der Waals surface area contributed by atoms with Gasteiger partial charge in [-0.3, -0.25) is 0 Å². The first-order valence-electron chi connectivity index (χ1n) is 11.0. The van der Waals surface area contributed by atoms with Crippen LogP contribution in [0.15, 0.2) is 24.5 Å². The van der Waals surface area contributed by atoms with Gasteiger partial charge in [0.2, 0.25) is 0 Å². The van der Waals surface area contributed by atoms with Gasteiger partial charge in [0, 0.05) is 42.0 Å². The summed E-state index contributed by atoms with van der Waals surface area (Å²) in [4.78, 5) is 11.9. The van der Waals surface area contributed by atoms with Crippen LogP contribution in [0, 0.1) is 0 Å². The fourth-order valence-corrected chi connectivity index (χ4v) is 5.68. The van der Waals surface area contributed by atoms with E-state index >= 15 is 0 Å². The summed E-state index contributed by atoms with van der Waals surface area (Å²) < 4.78 is 0. The van der Waals surface area contributed by atoms with Gasteiger partial charge in [0.1, 0.15) is 12.1 Å². The molecular formula is C23H31N5O. The Labute approximate surface area is 172 Å². The number of aliphatic hydroxyl groups is 1. The molecule has 3 heterocycles. The number of rotatable bonds is 5. The largest absolute Gasteiger partial charge is 0.395 e. The van der Waals surface area contributed by atoms with Crippen molar-refractivity contribution in [2.24, 2.45) is 0 Å². The summed E-state index contributed by atoms with van der Waals surface area (Å²) in [5, 5.41) is 16.1. The minimum absolute atomic E-state index is 0.164. The first-order chi connectivity index (χ1) is 14.2. The highest BCUT2D eigenvalue weighted by Crippen LogP contribution is 2.51. The quantitative estimate of drug-likeness (QED) is 0.678. The Kier molecular flexibility index (Phi) is 5.02. The fourth-order valence-electron chi connectivity index (χ4n) is 5.68. The van der Waals surface area contributed by atoms with E-state index in [9.17, 15) is 5.11 Å². The topological polar surface area (TPSA) is 73.3 Å². The normalized spacial score (nSPS) is 22.1. The van der Waals surface area contributed by atoms with Crippen molar-refractivity contribution in [3.63, 3.8) is 0 Å². The molecule has 1 spiro atoms. The van der Waals surface area contributed by atoms with Crippen LogP contribution in [0.25, 0.3) is 0 Å². The van der Waals surface area contributed by atoms with Gasteiger partial charge >= 0.3 is 0 Å². The predicted molar refractivity (Wildman–Crippen MR) is 115 cm³/mol. The second-order valence-corrected chi connectivity index (χ2v) is 8.83. The zero-order valence-corrected chi connectivity index (χ0v) is 17.2. The van der Waals surface area contributed by atoms with Gasteiger partial charge in [0.05, 0.1) is 6.61 Å². The van der Waals surface area contributed by atoms with Gasteiger partial charge in [-0.1, -0.05) is 19.1 Å². The van der Waals surface area contributed by atoms with E-state index in [4.69, 9.17) is 4.98 Å². The Balaban J connectivity index is 1.61. The van der Waals surface area contributed by atoms with Crippen molar-refractivity contribution in [3.05, 3.63) is 46.9 Å². The van der Waals surface area contributed by atoms with Crippen LogP contribution in [0.2, 0.25) is 0 Å². The Hall–Kier alpha value is -2.02. The van der Waals surface area contributed by atoms with Crippen LogP contribution in [0.1, 0.15) is 54.5 Å². The second kappa shape index (κ2) is 7.67. The molecule has 1 atom stereocenters. The number of benzene rings is 1. The van der Waals surface area contributed by atoms with Crippen LogP contribution in [0.3, 0.4) is 0 Å². The van der Waals surface area contributed by atoms with Gasteiger partial charge in [0.15, 0.2) is 0 Å². The molecule has 3 N–H and O–H groups in total. The molecule has 0 amide bonds. The zero-order chi connectivity index (χ0) is 19.8. The smallest absolute Gasteiger partial charge is 0.140 e. The fraction of sp³-hybridized carbons (Fsp3) is 0.565. The summed E-state index contributed by atoms with van der Waals surface area (Å²) in [5.41, 5.74) is 6.92. The molecule has 1 aromatic heterocycles. The number of fused-ring (bicyclic) bond motifs is 3. The molecule has 29 heavy (non-hydrogen) atoms. The van der Waals surface area contributed by atoms with Crippen molar-refractivity contribution in [2.75, 3.05) is 37.7 Å². The summed E-state index contributed by atoms with van der Waals surface area (Å²) in [7, 11) is 0. The maximum absolute atomic E-state index is 9.19. The zero-order valence-electron chi connectivity index (χ0n) is 17.2. The van der Waals surface area contributed by atoms with E-state index in [1.165, 1.54) is 34.5 Å². The summed E-state index contributed by atoms with van der Waals surface area (Å²) in [6, 6.07) is 6.70. The monoisotopic (exact) mass is 393 g/mol. The Morgan fingerprint density at radius 1 is 1.28 bits per heavy atom. The van der Waals surface area contributed by atoms with Crippen molar-refractivity contribution in [3.8, 4) is 0 Å². The van der Waals surface area contributed by atoms with E-state index < -0.39 is 0 Å². The molecule has 154 valence electrons. The molecule has 0 bridgehead atoms. The molecule has 1 fully saturated rings. The molecule has 6 heteroatoms. The lowest BCUT2D eigenvalue weighted by Gasteiger charge is -2.36. The third kappa shape index (κ3) is 3.14. The molecule has 5 rings (SSSR count). The van der Waals surface area contributed by atoms with Crippen LogP contribution in [-0.4, -0.2) is 47.9 Å². The predicted octanol–water partition coefficient (Wildman–Crippen LogP) is 2.38. The van der Waals surface area contributed by atoms with Crippen LogP contribution in [-0.2, 0) is 18.4 Å². The van der Waals surface area contributed by atoms with E-state index in [0.29, 0.717) is 12.5 Å². The van der Waals surface area contributed by atoms with Gasteiger partial charge in [-0.25, -0.2) is 9.97 Å². The second-order valence-electron chi connectivity index (χ2n) is 8.83. The lowest BCUT2D eigenvalue weighted by Crippen LogP contribution is -2.43. The molecule has 3 aliphatic rings. The van der Waals surface area contributed by atoms with Crippen LogP contribution >= 0.6 is 0 Å². The van der Waals surface area contributed by atoms with Crippen molar-refractivity contribution in [2.45, 2.75) is 50.5 Å². The summed E-state index contributed by atoms with van der Waals surface area (Å²) in [6.07, 6.45) is 6.29. The highest BCUT2D eigenvalue weighted by atomic mass is 16.3. The summed E-state index contributed by atoms with van der Waals surface area (Å²) >= 11 is 0. The highest BCUT2D eigenvalue weighted by molar-refractivity contribution is 5.75. The van der Waals surface area contributed by atoms with E-state index in [0.717, 1.165) is 51.3 Å². The van der Waals surface area contributed by atoms with E-state index in [1.807, 2.05) is 0 Å². The van der Waals surface area contributed by atoms with E-state index in [2.05, 4.69) is 45.6 Å². The number of hydrogen-bond donors (Lipinski definition) is 3. The van der Waals surface area contributed by atoms with E-state index in [1.54, 1.807) is 6.33 Å². The van der Waals surface area contributed by atoms with Gasteiger partial charge in [-0.2, -0.15) is 0 Å². The van der Waals surface area contributed by atoms with Crippen LogP contribution in [0.4, 0.5) is 11.5 Å². The average Bonchev–Trinajstić information content (AvgIpc) is 3.28. The minimum Gasteiger partial charge on any atom is -0.395 e. The van der Waals surface area contributed by atoms with Gasteiger partial charge in [-0.15, -0.1) is 0 Å². The summed E-state index contributed by atoms with van der Waals surface area (Å²) in [5.74, 6) is 1.64. The number of nitrogens with zero attached hydrogens (tertiary/aromatic N) is 3. The molecule has 6 nitrogen and oxygen atoms in total. The number of hydrogen-bond acceptors (Lipinski definition) is 6. The molecule has 1 saturated heterocycles. The molecule has 0 unspecified atom stereocenters. The minimum atomic E-state index is 0.164. The van der Waals surface area contributed by atoms with Gasteiger partial charge < -0.3 is 20.6 Å². The van der Waals surface area contributed by atoms with Crippen molar-refractivity contribution in [1.82, 2.24) is 20.6 Å². The number of piperidine rings is 1.